The van der Waals surface area contributed by atoms with E-state index in [1.54, 1.807) is 16.2 Å². The Bertz CT molecular complexity index is 1010. The zero-order chi connectivity index (χ0) is 20.0. The summed E-state index contributed by atoms with van der Waals surface area (Å²) < 4.78 is 1.46. The van der Waals surface area contributed by atoms with Gasteiger partial charge in [-0.2, -0.15) is 0 Å². The van der Waals surface area contributed by atoms with Gasteiger partial charge in [-0.15, -0.1) is 11.3 Å². The van der Waals surface area contributed by atoms with Crippen LogP contribution >= 0.6 is 11.3 Å². The van der Waals surface area contributed by atoms with Crippen LogP contribution in [0.15, 0.2) is 11.1 Å². The van der Waals surface area contributed by atoms with Crippen molar-refractivity contribution in [1.82, 2.24) is 19.4 Å². The first-order valence-electron chi connectivity index (χ1n) is 10.7. The van der Waals surface area contributed by atoms with Gasteiger partial charge in [-0.25, -0.2) is 4.98 Å². The summed E-state index contributed by atoms with van der Waals surface area (Å²) in [7, 11) is 0. The molecule has 0 aromatic carbocycles. The van der Waals surface area contributed by atoms with Gasteiger partial charge in [-0.05, 0) is 44.1 Å². The van der Waals surface area contributed by atoms with Gasteiger partial charge in [-0.3, -0.25) is 19.0 Å². The Morgan fingerprint density at radius 1 is 1.03 bits per heavy atom. The summed E-state index contributed by atoms with van der Waals surface area (Å²) in [6.45, 7) is 2.27. The number of hydrogen-bond acceptors (Lipinski definition) is 5. The molecule has 7 nitrogen and oxygen atoms in total. The molecule has 2 aromatic rings. The molecule has 3 aliphatic rings. The molecule has 29 heavy (non-hydrogen) atoms. The average Bonchev–Trinajstić information content (AvgIpc) is 3.55. The first kappa shape index (κ1) is 18.8. The molecule has 1 saturated carbocycles. The SMILES string of the molecule is O=C(Cn1cnc2sc3c(c2c1=O)CCCCC3)N1CCN(C(=O)C2CC2)CC1. The third-order valence-electron chi connectivity index (χ3n) is 6.37. The minimum atomic E-state index is -0.0923. The molecule has 2 aromatic heterocycles. The maximum Gasteiger partial charge on any atom is 0.262 e. The highest BCUT2D eigenvalue weighted by molar-refractivity contribution is 7.18. The van der Waals surface area contributed by atoms with Crippen molar-refractivity contribution in [2.75, 3.05) is 26.2 Å². The number of thiophene rings is 1. The molecular weight excluding hydrogens is 388 g/mol. The molecule has 154 valence electrons. The Balaban J connectivity index is 1.31. The lowest BCUT2D eigenvalue weighted by atomic mass is 10.1. The van der Waals surface area contributed by atoms with Crippen molar-refractivity contribution in [3.63, 3.8) is 0 Å². The van der Waals surface area contributed by atoms with E-state index < -0.39 is 0 Å². The molecule has 5 rings (SSSR count). The van der Waals surface area contributed by atoms with Crippen LogP contribution in [0.4, 0.5) is 0 Å². The quantitative estimate of drug-likeness (QED) is 0.718. The topological polar surface area (TPSA) is 75.5 Å². The summed E-state index contributed by atoms with van der Waals surface area (Å²) in [5, 5.41) is 0.724. The van der Waals surface area contributed by atoms with Gasteiger partial charge >= 0.3 is 0 Å². The van der Waals surface area contributed by atoms with E-state index in [0.29, 0.717) is 26.2 Å². The van der Waals surface area contributed by atoms with Crippen molar-refractivity contribution >= 4 is 33.4 Å². The number of carbonyl (C=O) groups excluding carboxylic acids is 2. The van der Waals surface area contributed by atoms with Crippen molar-refractivity contribution < 1.29 is 9.59 Å². The number of hydrogen-bond donors (Lipinski definition) is 0. The minimum Gasteiger partial charge on any atom is -0.339 e. The van der Waals surface area contributed by atoms with Crippen LogP contribution in [0.25, 0.3) is 10.2 Å². The first-order chi connectivity index (χ1) is 14.1. The lowest BCUT2D eigenvalue weighted by molar-refractivity contribution is -0.140. The number of aromatic nitrogens is 2. The maximum atomic E-state index is 13.1. The second kappa shape index (κ2) is 7.55. The van der Waals surface area contributed by atoms with Gasteiger partial charge in [0.1, 0.15) is 11.4 Å². The fourth-order valence-corrected chi connectivity index (χ4v) is 5.70. The summed E-state index contributed by atoms with van der Waals surface area (Å²) >= 11 is 1.64. The predicted octanol–water partition coefficient (Wildman–Crippen LogP) is 1.81. The molecule has 2 aliphatic carbocycles. The van der Waals surface area contributed by atoms with Crippen molar-refractivity contribution in [1.29, 1.82) is 0 Å². The van der Waals surface area contributed by atoms with Gasteiger partial charge < -0.3 is 9.80 Å². The van der Waals surface area contributed by atoms with E-state index in [0.717, 1.165) is 47.9 Å². The van der Waals surface area contributed by atoms with Gasteiger partial charge in [0.25, 0.3) is 5.56 Å². The molecule has 2 fully saturated rings. The summed E-state index contributed by atoms with van der Waals surface area (Å²) in [6, 6.07) is 0. The zero-order valence-electron chi connectivity index (χ0n) is 16.6. The highest BCUT2D eigenvalue weighted by atomic mass is 32.1. The average molecular weight is 415 g/mol. The van der Waals surface area contributed by atoms with Gasteiger partial charge in [0.2, 0.25) is 11.8 Å². The highest BCUT2D eigenvalue weighted by Crippen LogP contribution is 2.33. The molecular formula is C21H26N4O3S. The fourth-order valence-electron chi connectivity index (χ4n) is 4.48. The molecule has 0 bridgehead atoms. The largest absolute Gasteiger partial charge is 0.339 e. The Morgan fingerprint density at radius 2 is 1.76 bits per heavy atom. The number of aryl methyl sites for hydroxylation is 2. The standard InChI is InChI=1S/C21H26N4O3S/c26-17(23-8-10-24(11-9-23)20(27)14-6-7-14)12-25-13-22-19-18(21(25)28)15-4-2-1-3-5-16(15)29-19/h13-14H,1-12H2. The molecule has 0 unspecified atom stereocenters. The molecule has 0 radical (unpaired) electrons. The maximum absolute atomic E-state index is 13.1. The molecule has 8 heteroatoms. The van der Waals surface area contributed by atoms with E-state index in [-0.39, 0.29) is 29.8 Å². The third-order valence-corrected chi connectivity index (χ3v) is 7.57. The van der Waals surface area contributed by atoms with Crippen LogP contribution in [-0.4, -0.2) is 57.3 Å². The van der Waals surface area contributed by atoms with Gasteiger partial charge in [-0.1, -0.05) is 6.42 Å². The zero-order valence-corrected chi connectivity index (χ0v) is 17.4. The third kappa shape index (κ3) is 3.58. The number of amides is 2. The Kier molecular flexibility index (Phi) is 4.89. The summed E-state index contributed by atoms with van der Waals surface area (Å²) in [4.78, 5) is 48.3. The van der Waals surface area contributed by atoms with Crippen molar-refractivity contribution in [3.8, 4) is 0 Å². The molecule has 2 amide bonds. The van der Waals surface area contributed by atoms with E-state index in [1.165, 1.54) is 28.6 Å². The molecule has 0 N–H and O–H groups in total. The lowest BCUT2D eigenvalue weighted by Crippen LogP contribution is -2.52. The van der Waals surface area contributed by atoms with Crippen LogP contribution < -0.4 is 5.56 Å². The Labute approximate surface area is 173 Å². The van der Waals surface area contributed by atoms with Crippen LogP contribution in [0.1, 0.15) is 42.5 Å². The van der Waals surface area contributed by atoms with E-state index in [2.05, 4.69) is 4.98 Å². The minimum absolute atomic E-state index is 0.0168. The first-order valence-corrected chi connectivity index (χ1v) is 11.5. The van der Waals surface area contributed by atoms with Crippen molar-refractivity contribution in [2.45, 2.75) is 51.5 Å². The number of nitrogens with zero attached hydrogens (tertiary/aromatic N) is 4. The number of carbonyl (C=O) groups is 2. The number of rotatable bonds is 3. The second-order valence-corrected chi connectivity index (χ2v) is 9.49. The predicted molar refractivity (Wildman–Crippen MR) is 111 cm³/mol. The molecule has 0 spiro atoms. The van der Waals surface area contributed by atoms with Crippen LogP contribution in [0.5, 0.6) is 0 Å². The summed E-state index contributed by atoms with van der Waals surface area (Å²) in [5.74, 6) is 0.378. The van der Waals surface area contributed by atoms with Crippen molar-refractivity contribution in [2.24, 2.45) is 5.92 Å². The van der Waals surface area contributed by atoms with Crippen LogP contribution in [-0.2, 0) is 29.0 Å². The van der Waals surface area contributed by atoms with Gasteiger partial charge in [0.15, 0.2) is 0 Å². The van der Waals surface area contributed by atoms with Crippen LogP contribution in [0, 0.1) is 5.92 Å². The van der Waals surface area contributed by atoms with E-state index in [4.69, 9.17) is 0 Å². The van der Waals surface area contributed by atoms with Gasteiger partial charge in [0.05, 0.1) is 11.7 Å². The van der Waals surface area contributed by atoms with E-state index in [9.17, 15) is 14.4 Å². The molecule has 1 saturated heterocycles. The smallest absolute Gasteiger partial charge is 0.262 e. The molecule has 1 aliphatic heterocycles. The van der Waals surface area contributed by atoms with Crippen LogP contribution in [0.2, 0.25) is 0 Å². The summed E-state index contributed by atoms with van der Waals surface area (Å²) in [5.41, 5.74) is 1.07. The van der Waals surface area contributed by atoms with Crippen LogP contribution in [0.3, 0.4) is 0 Å². The molecule has 3 heterocycles. The fraction of sp³-hybridized carbons (Fsp3) is 0.619. The normalized spacial score (nSPS) is 19.9. The number of fused-ring (bicyclic) bond motifs is 3. The van der Waals surface area contributed by atoms with E-state index in [1.807, 2.05) is 4.90 Å². The number of piperazine rings is 1. The second-order valence-electron chi connectivity index (χ2n) is 8.40. The monoisotopic (exact) mass is 414 g/mol. The Morgan fingerprint density at radius 3 is 2.52 bits per heavy atom. The molecule has 0 atom stereocenters. The summed E-state index contributed by atoms with van der Waals surface area (Å²) in [6.07, 6.45) is 8.96. The van der Waals surface area contributed by atoms with E-state index >= 15 is 0 Å². The lowest BCUT2D eigenvalue weighted by Gasteiger charge is -2.35. The Hall–Kier alpha value is -2.22. The van der Waals surface area contributed by atoms with Crippen molar-refractivity contribution in [3.05, 3.63) is 27.1 Å². The van der Waals surface area contributed by atoms with Gasteiger partial charge in [0, 0.05) is 37.0 Å². The highest BCUT2D eigenvalue weighted by Gasteiger charge is 2.35.